The van der Waals surface area contributed by atoms with Gasteiger partial charge in [0.2, 0.25) is 0 Å². The average Bonchev–Trinajstić information content (AvgIpc) is 2.74. The highest BCUT2D eigenvalue weighted by atomic mass is 32.2. The summed E-state index contributed by atoms with van der Waals surface area (Å²) >= 11 is 3.65. The number of carbonyl (C=O) groups excluding carboxylic acids is 1. The molecule has 0 fully saturated rings. The Morgan fingerprint density at radius 1 is 1.50 bits per heavy atom. The van der Waals surface area contributed by atoms with E-state index in [9.17, 15) is 4.79 Å². The number of hydrogen-bond donors (Lipinski definition) is 0. The zero-order valence-corrected chi connectivity index (χ0v) is 11.4. The third kappa shape index (κ3) is 8.72. The monoisotopic (exact) mass is 290 g/mol. The van der Waals surface area contributed by atoms with Gasteiger partial charge in [-0.1, -0.05) is 20.9 Å². The normalized spacial score (nSPS) is 11.2. The summed E-state index contributed by atoms with van der Waals surface area (Å²) in [6, 6.07) is 4.21. The van der Waals surface area contributed by atoms with Crippen molar-refractivity contribution in [1.82, 2.24) is 0 Å². The van der Waals surface area contributed by atoms with E-state index in [4.69, 9.17) is 4.74 Å². The van der Waals surface area contributed by atoms with E-state index >= 15 is 0 Å². The quantitative estimate of drug-likeness (QED) is 0.504. The molecule has 0 saturated carbocycles. The van der Waals surface area contributed by atoms with E-state index in [1.54, 1.807) is 25.4 Å². The molecule has 18 heavy (non-hydrogen) atoms. The van der Waals surface area contributed by atoms with Gasteiger partial charge in [0.15, 0.2) is 0 Å². The van der Waals surface area contributed by atoms with Gasteiger partial charge in [0.25, 0.3) is 0 Å². The molecule has 1 rings (SSSR count). The zero-order chi connectivity index (χ0) is 11.8. The Labute approximate surface area is 120 Å². The van der Waals surface area contributed by atoms with Crippen molar-refractivity contribution in [3.63, 3.8) is 0 Å². The van der Waals surface area contributed by atoms with Crippen LogP contribution in [0.1, 0.15) is 41.0 Å². The fourth-order valence-electron chi connectivity index (χ4n) is 1.45. The summed E-state index contributed by atoms with van der Waals surface area (Å²) < 4.78 is 6.63. The van der Waals surface area contributed by atoms with Gasteiger partial charge < -0.3 is 4.74 Å². The van der Waals surface area contributed by atoms with Crippen LogP contribution in [-0.4, -0.2) is 24.7 Å². The van der Waals surface area contributed by atoms with Crippen LogP contribution in [0.15, 0.2) is 21.7 Å². The maximum Gasteiger partial charge on any atom is 0.132 e. The van der Waals surface area contributed by atoms with Crippen molar-refractivity contribution < 1.29 is 9.53 Å². The summed E-state index contributed by atoms with van der Waals surface area (Å²) in [5.41, 5.74) is 0. The van der Waals surface area contributed by atoms with Crippen LogP contribution in [0.2, 0.25) is 0 Å². The molecule has 0 bridgehead atoms. The van der Waals surface area contributed by atoms with E-state index < -0.39 is 0 Å². The molecule has 0 aliphatic heterocycles. The number of Topliss-reactive ketones (excluding diaryl/α,β-unsaturated/α-hetero) is 1. The molecule has 0 spiro atoms. The number of rotatable bonds is 8. The Morgan fingerprint density at radius 2 is 2.22 bits per heavy atom. The number of thiophene rings is 1. The molecule has 0 aromatic carbocycles. The predicted octanol–water partition coefficient (Wildman–Crippen LogP) is 4.89. The van der Waals surface area contributed by atoms with Crippen molar-refractivity contribution in [3.8, 4) is 0 Å². The van der Waals surface area contributed by atoms with E-state index in [-0.39, 0.29) is 26.7 Å². The SMILES string of the molecule is C.C.COC(CCCSc1cccs1)CC(C)=O. The highest BCUT2D eigenvalue weighted by Crippen LogP contribution is 2.24. The summed E-state index contributed by atoms with van der Waals surface area (Å²) in [4.78, 5) is 10.9. The first kappa shape index (κ1) is 20.0. The molecule has 106 valence electrons. The topological polar surface area (TPSA) is 26.3 Å². The highest BCUT2D eigenvalue weighted by Gasteiger charge is 2.09. The van der Waals surface area contributed by atoms with Gasteiger partial charge in [-0.3, -0.25) is 4.79 Å². The molecular formula is C14H26O2S2. The molecule has 1 aromatic rings. The number of ether oxygens (including phenoxy) is 1. The summed E-state index contributed by atoms with van der Waals surface area (Å²) in [6.07, 6.45) is 2.70. The lowest BCUT2D eigenvalue weighted by atomic mass is 10.1. The summed E-state index contributed by atoms with van der Waals surface area (Å²) in [5.74, 6) is 1.30. The smallest absolute Gasteiger partial charge is 0.132 e. The Bertz CT molecular complexity index is 297. The fourth-order valence-corrected chi connectivity index (χ4v) is 3.28. The van der Waals surface area contributed by atoms with Gasteiger partial charge >= 0.3 is 0 Å². The van der Waals surface area contributed by atoms with Crippen molar-refractivity contribution >= 4 is 28.9 Å². The molecule has 1 atom stereocenters. The van der Waals surface area contributed by atoms with Crippen molar-refractivity contribution in [2.24, 2.45) is 0 Å². The van der Waals surface area contributed by atoms with E-state index in [2.05, 4.69) is 17.5 Å². The first-order valence-corrected chi connectivity index (χ1v) is 7.27. The molecule has 1 unspecified atom stereocenters. The highest BCUT2D eigenvalue weighted by molar-refractivity contribution is 8.01. The number of hydrogen-bond acceptors (Lipinski definition) is 4. The molecule has 0 saturated heterocycles. The molecule has 1 aromatic heterocycles. The minimum atomic E-state index is 0. The maximum atomic E-state index is 10.9. The van der Waals surface area contributed by atoms with Crippen LogP contribution in [0.25, 0.3) is 0 Å². The van der Waals surface area contributed by atoms with E-state index in [0.717, 1.165) is 18.6 Å². The molecule has 0 radical (unpaired) electrons. The number of thioether (sulfide) groups is 1. The molecule has 0 aliphatic carbocycles. The van der Waals surface area contributed by atoms with Gasteiger partial charge in [0, 0.05) is 13.5 Å². The van der Waals surface area contributed by atoms with Crippen LogP contribution in [0, 0.1) is 0 Å². The second kappa shape index (κ2) is 11.8. The van der Waals surface area contributed by atoms with Crippen LogP contribution in [-0.2, 0) is 9.53 Å². The number of carbonyl (C=O) groups is 1. The number of ketones is 1. The van der Waals surface area contributed by atoms with E-state index in [0.29, 0.717) is 6.42 Å². The minimum Gasteiger partial charge on any atom is -0.381 e. The van der Waals surface area contributed by atoms with E-state index in [1.807, 2.05) is 11.8 Å². The summed E-state index contributed by atoms with van der Waals surface area (Å²) in [7, 11) is 1.68. The van der Waals surface area contributed by atoms with Crippen molar-refractivity contribution in [2.45, 2.75) is 51.4 Å². The molecule has 4 heteroatoms. The van der Waals surface area contributed by atoms with Crippen LogP contribution in [0.4, 0.5) is 0 Å². The van der Waals surface area contributed by atoms with Gasteiger partial charge in [0.1, 0.15) is 5.78 Å². The van der Waals surface area contributed by atoms with Crippen molar-refractivity contribution in [2.75, 3.05) is 12.9 Å². The molecule has 0 aliphatic rings. The Morgan fingerprint density at radius 3 is 2.72 bits per heavy atom. The predicted molar refractivity (Wildman–Crippen MR) is 83.8 cm³/mol. The molecular weight excluding hydrogens is 264 g/mol. The molecule has 2 nitrogen and oxygen atoms in total. The van der Waals surface area contributed by atoms with Gasteiger partial charge in [0.05, 0.1) is 10.3 Å². The van der Waals surface area contributed by atoms with E-state index in [1.165, 1.54) is 4.21 Å². The van der Waals surface area contributed by atoms with Crippen LogP contribution >= 0.6 is 23.1 Å². The second-order valence-corrected chi connectivity index (χ2v) is 6.03. The fraction of sp³-hybridized carbons (Fsp3) is 0.643. The second-order valence-electron chi connectivity index (χ2n) is 3.69. The summed E-state index contributed by atoms with van der Waals surface area (Å²) in [6.45, 7) is 1.62. The molecule has 0 N–H and O–H groups in total. The largest absolute Gasteiger partial charge is 0.381 e. The van der Waals surface area contributed by atoms with Gasteiger partial charge in [-0.2, -0.15) is 0 Å². The van der Waals surface area contributed by atoms with Crippen molar-refractivity contribution in [1.29, 1.82) is 0 Å². The van der Waals surface area contributed by atoms with Gasteiger partial charge in [-0.25, -0.2) is 0 Å². The number of methoxy groups -OCH3 is 1. The lowest BCUT2D eigenvalue weighted by Crippen LogP contribution is -2.14. The Hall–Kier alpha value is -0.320. The maximum absolute atomic E-state index is 10.9. The molecule has 1 heterocycles. The lowest BCUT2D eigenvalue weighted by Gasteiger charge is -2.12. The Balaban J connectivity index is 0. The third-order valence-electron chi connectivity index (χ3n) is 2.26. The first-order chi connectivity index (χ1) is 7.72. The standard InChI is InChI=1S/C12H18O2S2.2CH4/c1-10(13)9-11(14-2)5-3-7-15-12-6-4-8-16-12;;/h4,6,8,11H,3,5,7,9H2,1-2H3;2*1H4. The van der Waals surface area contributed by atoms with Gasteiger partial charge in [-0.05, 0) is 37.0 Å². The third-order valence-corrected chi connectivity index (χ3v) is 4.48. The summed E-state index contributed by atoms with van der Waals surface area (Å²) in [5, 5.41) is 2.09. The average molecular weight is 290 g/mol. The van der Waals surface area contributed by atoms with Crippen LogP contribution < -0.4 is 0 Å². The first-order valence-electron chi connectivity index (χ1n) is 5.41. The van der Waals surface area contributed by atoms with Crippen LogP contribution in [0.5, 0.6) is 0 Å². The lowest BCUT2D eigenvalue weighted by molar-refractivity contribution is -0.119. The Kier molecular flexibility index (Phi) is 13.1. The minimum absolute atomic E-state index is 0. The van der Waals surface area contributed by atoms with Crippen LogP contribution in [0.3, 0.4) is 0 Å². The zero-order valence-electron chi connectivity index (χ0n) is 9.77. The molecule has 0 amide bonds. The van der Waals surface area contributed by atoms with Gasteiger partial charge in [-0.15, -0.1) is 23.1 Å². The van der Waals surface area contributed by atoms with Crippen molar-refractivity contribution in [3.05, 3.63) is 17.5 Å².